The Morgan fingerprint density at radius 3 is 2.26 bits per heavy atom. The van der Waals surface area contributed by atoms with Crippen LogP contribution in [-0.4, -0.2) is 15.3 Å². The van der Waals surface area contributed by atoms with Crippen LogP contribution in [0.4, 0.5) is 0 Å². The van der Waals surface area contributed by atoms with Crippen LogP contribution in [0.3, 0.4) is 0 Å². The lowest BCUT2D eigenvalue weighted by Gasteiger charge is -2.07. The molecule has 0 atom stereocenters. The molecule has 3 N–H and O–H groups in total. The summed E-state index contributed by atoms with van der Waals surface area (Å²) in [6.07, 6.45) is 0.247. The predicted octanol–water partition coefficient (Wildman–Crippen LogP) is 3.01. The first-order chi connectivity index (χ1) is 11.0. The van der Waals surface area contributed by atoms with Crippen LogP contribution in [-0.2, 0) is 6.42 Å². The topological polar surface area (TPSA) is 90.9 Å². The molecule has 0 aliphatic heterocycles. The molecule has 1 aromatic heterocycles. The normalized spacial score (nSPS) is 10.6. The number of hydrogen-bond acceptors (Lipinski definition) is 5. The minimum Gasteiger partial charge on any atom is -0.508 e. The van der Waals surface area contributed by atoms with Gasteiger partial charge in [-0.25, -0.2) is 4.79 Å². The molecule has 116 valence electrons. The van der Waals surface area contributed by atoms with E-state index < -0.39 is 5.63 Å². The predicted molar refractivity (Wildman–Crippen MR) is 84.7 cm³/mol. The van der Waals surface area contributed by atoms with Gasteiger partial charge in [-0.15, -0.1) is 0 Å². The van der Waals surface area contributed by atoms with Gasteiger partial charge in [-0.3, -0.25) is 0 Å². The molecular weight excluding hydrogens is 296 g/mol. The summed E-state index contributed by atoms with van der Waals surface area (Å²) in [7, 11) is 0. The van der Waals surface area contributed by atoms with E-state index in [9.17, 15) is 20.1 Å². The minimum absolute atomic E-state index is 0.0295. The molecular formula is C18H14O5. The molecule has 0 amide bonds. The molecule has 1 heterocycles. The molecule has 0 spiro atoms. The summed E-state index contributed by atoms with van der Waals surface area (Å²) < 4.78 is 5.21. The van der Waals surface area contributed by atoms with Crippen LogP contribution in [0.5, 0.6) is 17.2 Å². The Bertz CT molecular complexity index is 897. The van der Waals surface area contributed by atoms with Gasteiger partial charge in [-0.1, -0.05) is 30.3 Å². The molecule has 5 heteroatoms. The SMILES string of the molecule is O=c1oc(-c2ccc(O)cc2O)cc(O)c1Cc1ccccc1. The molecule has 0 radical (unpaired) electrons. The maximum atomic E-state index is 12.2. The number of aromatic hydroxyl groups is 3. The van der Waals surface area contributed by atoms with Crippen molar-refractivity contribution in [3.05, 3.63) is 76.1 Å². The van der Waals surface area contributed by atoms with Gasteiger partial charge < -0.3 is 19.7 Å². The first-order valence-corrected chi connectivity index (χ1v) is 6.97. The Morgan fingerprint density at radius 1 is 0.870 bits per heavy atom. The second-order valence-corrected chi connectivity index (χ2v) is 5.13. The van der Waals surface area contributed by atoms with Crippen molar-refractivity contribution in [1.29, 1.82) is 0 Å². The van der Waals surface area contributed by atoms with Crippen molar-refractivity contribution in [2.45, 2.75) is 6.42 Å². The van der Waals surface area contributed by atoms with Gasteiger partial charge in [-0.05, 0) is 17.7 Å². The van der Waals surface area contributed by atoms with Gasteiger partial charge in [0, 0.05) is 18.6 Å². The van der Waals surface area contributed by atoms with Gasteiger partial charge in [0.2, 0.25) is 0 Å². The highest BCUT2D eigenvalue weighted by molar-refractivity contribution is 5.67. The van der Waals surface area contributed by atoms with Crippen molar-refractivity contribution in [3.63, 3.8) is 0 Å². The summed E-state index contributed by atoms with van der Waals surface area (Å²) in [6.45, 7) is 0. The fourth-order valence-corrected chi connectivity index (χ4v) is 2.33. The average Bonchev–Trinajstić information content (AvgIpc) is 2.52. The molecule has 0 fully saturated rings. The highest BCUT2D eigenvalue weighted by Crippen LogP contribution is 2.33. The summed E-state index contributed by atoms with van der Waals surface area (Å²) in [6, 6.07) is 14.4. The molecule has 0 bridgehead atoms. The molecule has 0 saturated heterocycles. The maximum absolute atomic E-state index is 12.2. The van der Waals surface area contributed by atoms with E-state index in [1.165, 1.54) is 18.2 Å². The Balaban J connectivity index is 2.02. The van der Waals surface area contributed by atoms with Crippen LogP contribution in [0.15, 0.2) is 63.8 Å². The van der Waals surface area contributed by atoms with Gasteiger partial charge in [-0.2, -0.15) is 0 Å². The molecule has 3 rings (SSSR count). The number of phenolic OH excluding ortho intramolecular Hbond substituents is 2. The zero-order valence-corrected chi connectivity index (χ0v) is 12.1. The zero-order chi connectivity index (χ0) is 16.4. The first-order valence-electron chi connectivity index (χ1n) is 6.97. The molecule has 0 unspecified atom stereocenters. The third-order valence-electron chi connectivity index (χ3n) is 3.50. The van der Waals surface area contributed by atoms with Crippen molar-refractivity contribution in [2.75, 3.05) is 0 Å². The third-order valence-corrected chi connectivity index (χ3v) is 3.50. The van der Waals surface area contributed by atoms with Gasteiger partial charge in [0.25, 0.3) is 0 Å². The van der Waals surface area contributed by atoms with Crippen molar-refractivity contribution >= 4 is 0 Å². The van der Waals surface area contributed by atoms with Gasteiger partial charge in [0.15, 0.2) is 0 Å². The van der Waals surface area contributed by atoms with Crippen LogP contribution >= 0.6 is 0 Å². The highest BCUT2D eigenvalue weighted by atomic mass is 16.4. The lowest BCUT2D eigenvalue weighted by atomic mass is 10.0. The molecule has 0 aliphatic carbocycles. The van der Waals surface area contributed by atoms with E-state index in [-0.39, 0.29) is 40.6 Å². The fraction of sp³-hybridized carbons (Fsp3) is 0.0556. The Morgan fingerprint density at radius 2 is 1.61 bits per heavy atom. The van der Waals surface area contributed by atoms with Crippen molar-refractivity contribution in [1.82, 2.24) is 0 Å². The Labute approximate surface area is 131 Å². The van der Waals surface area contributed by atoms with Gasteiger partial charge >= 0.3 is 5.63 Å². The number of phenols is 2. The summed E-state index contributed by atoms with van der Waals surface area (Å²) in [4.78, 5) is 12.2. The van der Waals surface area contributed by atoms with Crippen LogP contribution < -0.4 is 5.63 Å². The lowest BCUT2D eigenvalue weighted by molar-refractivity contribution is 0.437. The van der Waals surface area contributed by atoms with Crippen molar-refractivity contribution < 1.29 is 19.7 Å². The van der Waals surface area contributed by atoms with Crippen LogP contribution in [0.1, 0.15) is 11.1 Å². The number of rotatable bonds is 3. The molecule has 5 nitrogen and oxygen atoms in total. The summed E-state index contributed by atoms with van der Waals surface area (Å²) in [5.74, 6) is -0.531. The van der Waals surface area contributed by atoms with Gasteiger partial charge in [0.1, 0.15) is 23.0 Å². The van der Waals surface area contributed by atoms with Crippen molar-refractivity contribution in [3.8, 4) is 28.6 Å². The van der Waals surface area contributed by atoms with E-state index in [0.717, 1.165) is 11.6 Å². The van der Waals surface area contributed by atoms with Crippen LogP contribution in [0.2, 0.25) is 0 Å². The van der Waals surface area contributed by atoms with E-state index in [0.29, 0.717) is 0 Å². The lowest BCUT2D eigenvalue weighted by Crippen LogP contribution is -2.08. The smallest absolute Gasteiger partial charge is 0.343 e. The highest BCUT2D eigenvalue weighted by Gasteiger charge is 2.15. The van der Waals surface area contributed by atoms with Crippen LogP contribution in [0.25, 0.3) is 11.3 Å². The Hall–Kier alpha value is -3.21. The number of hydrogen-bond donors (Lipinski definition) is 3. The molecule has 2 aromatic carbocycles. The standard InChI is InChI=1S/C18H14O5/c19-12-6-7-13(15(20)9-12)17-10-16(21)14(18(22)23-17)8-11-4-2-1-3-5-11/h1-7,9-10,19-21H,8H2. The largest absolute Gasteiger partial charge is 0.508 e. The molecule has 0 aliphatic rings. The fourth-order valence-electron chi connectivity index (χ4n) is 2.33. The van der Waals surface area contributed by atoms with E-state index >= 15 is 0 Å². The first kappa shape index (κ1) is 14.7. The molecule has 23 heavy (non-hydrogen) atoms. The quantitative estimate of drug-likeness (QED) is 0.692. The van der Waals surface area contributed by atoms with E-state index in [1.54, 1.807) is 0 Å². The zero-order valence-electron chi connectivity index (χ0n) is 12.1. The third kappa shape index (κ3) is 3.03. The van der Waals surface area contributed by atoms with E-state index in [4.69, 9.17) is 4.42 Å². The number of benzene rings is 2. The monoisotopic (exact) mass is 310 g/mol. The van der Waals surface area contributed by atoms with E-state index in [2.05, 4.69) is 0 Å². The minimum atomic E-state index is -0.670. The van der Waals surface area contributed by atoms with Crippen molar-refractivity contribution in [2.24, 2.45) is 0 Å². The summed E-state index contributed by atoms with van der Waals surface area (Å²) in [5, 5.41) is 29.3. The van der Waals surface area contributed by atoms with Gasteiger partial charge in [0.05, 0.1) is 11.1 Å². The second kappa shape index (κ2) is 5.88. The summed E-state index contributed by atoms with van der Waals surface area (Å²) in [5.41, 5.74) is 0.561. The molecule has 0 saturated carbocycles. The summed E-state index contributed by atoms with van der Waals surface area (Å²) >= 11 is 0. The Kier molecular flexibility index (Phi) is 3.76. The average molecular weight is 310 g/mol. The van der Waals surface area contributed by atoms with Crippen LogP contribution in [0, 0.1) is 0 Å². The maximum Gasteiger partial charge on any atom is 0.343 e. The second-order valence-electron chi connectivity index (χ2n) is 5.13. The van der Waals surface area contributed by atoms with E-state index in [1.807, 2.05) is 30.3 Å². The molecule has 3 aromatic rings.